The second-order valence-corrected chi connectivity index (χ2v) is 4.30. The van der Waals surface area contributed by atoms with Gasteiger partial charge in [-0.15, -0.1) is 0 Å². The normalized spacial score (nSPS) is 13.2. The minimum atomic E-state index is -4.41. The topological polar surface area (TPSA) is 51.2 Å². The van der Waals surface area contributed by atoms with Crippen molar-refractivity contribution in [1.29, 1.82) is 0 Å². The lowest BCUT2D eigenvalue weighted by Gasteiger charge is -2.17. The second-order valence-electron chi connectivity index (χ2n) is 3.39. The molecule has 0 aliphatic carbocycles. The first-order valence-corrected chi connectivity index (χ1v) is 5.61. The van der Waals surface area contributed by atoms with Gasteiger partial charge in [-0.25, -0.2) is 4.79 Å². The summed E-state index contributed by atoms with van der Waals surface area (Å²) < 4.78 is 41.4. The fraction of sp³-hybridized carbons (Fsp3) is 0.400. The van der Waals surface area contributed by atoms with Gasteiger partial charge in [0.25, 0.3) is 0 Å². The number of carbonyl (C=O) groups is 1. The molecule has 1 aromatic heterocycles. The van der Waals surface area contributed by atoms with E-state index in [1.807, 2.05) is 0 Å². The van der Waals surface area contributed by atoms with Gasteiger partial charge in [0.05, 0.1) is 13.7 Å². The molecule has 8 heteroatoms. The molecule has 4 nitrogen and oxygen atoms in total. The Balaban J connectivity index is 2.88. The number of rotatable bonds is 4. The van der Waals surface area contributed by atoms with Crippen LogP contribution in [0.15, 0.2) is 22.9 Å². The highest BCUT2D eigenvalue weighted by atomic mass is 79.9. The number of esters is 1. The summed E-state index contributed by atoms with van der Waals surface area (Å²) in [6.07, 6.45) is -1.65. The average Bonchev–Trinajstić information content (AvgIpc) is 2.27. The van der Waals surface area contributed by atoms with Crippen LogP contribution in [0, 0.1) is 0 Å². The Bertz CT molecular complexity index is 426. The van der Waals surface area contributed by atoms with Crippen molar-refractivity contribution in [2.24, 2.45) is 0 Å². The molecule has 1 N–H and O–H groups in total. The van der Waals surface area contributed by atoms with Crippen LogP contribution in [0.4, 0.5) is 13.2 Å². The fourth-order valence-corrected chi connectivity index (χ4v) is 1.64. The van der Waals surface area contributed by atoms with Crippen LogP contribution in [0.5, 0.6) is 0 Å². The van der Waals surface area contributed by atoms with Crippen molar-refractivity contribution in [2.45, 2.75) is 12.2 Å². The van der Waals surface area contributed by atoms with E-state index in [0.717, 1.165) is 7.11 Å². The molecule has 0 spiro atoms. The van der Waals surface area contributed by atoms with Crippen LogP contribution in [-0.2, 0) is 9.53 Å². The highest BCUT2D eigenvalue weighted by molar-refractivity contribution is 9.10. The van der Waals surface area contributed by atoms with Gasteiger partial charge in [-0.1, -0.05) is 0 Å². The number of alkyl halides is 3. The smallest absolute Gasteiger partial charge is 0.401 e. The molecule has 18 heavy (non-hydrogen) atoms. The van der Waals surface area contributed by atoms with Crippen molar-refractivity contribution < 1.29 is 22.7 Å². The highest BCUT2D eigenvalue weighted by Gasteiger charge is 2.31. The van der Waals surface area contributed by atoms with Crippen molar-refractivity contribution in [3.63, 3.8) is 0 Å². The predicted octanol–water partition coefficient (Wildman–Crippen LogP) is 2.21. The minimum Gasteiger partial charge on any atom is -0.468 e. The van der Waals surface area contributed by atoms with E-state index in [1.165, 1.54) is 18.5 Å². The van der Waals surface area contributed by atoms with Crippen LogP contribution in [0.3, 0.4) is 0 Å². The Labute approximate surface area is 110 Å². The van der Waals surface area contributed by atoms with Gasteiger partial charge in [0.15, 0.2) is 0 Å². The number of nitrogens with zero attached hydrogens (tertiary/aromatic N) is 1. The summed E-state index contributed by atoms with van der Waals surface area (Å²) in [5.74, 6) is -0.806. The van der Waals surface area contributed by atoms with Gasteiger partial charge in [-0.2, -0.15) is 13.2 Å². The first-order valence-electron chi connectivity index (χ1n) is 4.82. The summed E-state index contributed by atoms with van der Waals surface area (Å²) in [6, 6.07) is 0.291. The zero-order chi connectivity index (χ0) is 13.8. The molecule has 1 atom stereocenters. The summed E-state index contributed by atoms with van der Waals surface area (Å²) in [6.45, 7) is -1.29. The van der Waals surface area contributed by atoms with E-state index in [9.17, 15) is 18.0 Å². The maximum atomic E-state index is 12.1. The van der Waals surface area contributed by atoms with E-state index in [4.69, 9.17) is 0 Å². The van der Waals surface area contributed by atoms with Gasteiger partial charge in [0, 0.05) is 16.9 Å². The summed E-state index contributed by atoms with van der Waals surface area (Å²) in [4.78, 5) is 15.2. The first-order chi connectivity index (χ1) is 8.33. The van der Waals surface area contributed by atoms with Crippen molar-refractivity contribution in [1.82, 2.24) is 10.3 Å². The average molecular weight is 327 g/mol. The van der Waals surface area contributed by atoms with Gasteiger partial charge < -0.3 is 4.74 Å². The number of methoxy groups -OCH3 is 1. The van der Waals surface area contributed by atoms with Gasteiger partial charge in [-0.05, 0) is 27.6 Å². The zero-order valence-corrected chi connectivity index (χ0v) is 10.9. The quantitative estimate of drug-likeness (QED) is 0.862. The number of halogens is 4. The number of carbonyl (C=O) groups excluding carboxylic acids is 1. The standard InChI is InChI=1S/C10H10BrF3N2O2/c1-18-9(17)8(16-5-10(12,13)14)6-2-7(11)4-15-3-6/h2-4,8,16H,5H2,1H3. The second kappa shape index (κ2) is 6.14. The van der Waals surface area contributed by atoms with Crippen LogP contribution in [0.1, 0.15) is 11.6 Å². The summed E-state index contributed by atoms with van der Waals surface area (Å²) in [5, 5.41) is 2.09. The van der Waals surface area contributed by atoms with E-state index in [1.54, 1.807) is 0 Å². The molecular formula is C10H10BrF3N2O2. The maximum absolute atomic E-state index is 12.1. The molecule has 1 aromatic rings. The van der Waals surface area contributed by atoms with Gasteiger partial charge in [0.1, 0.15) is 6.04 Å². The molecule has 0 saturated heterocycles. The molecular weight excluding hydrogens is 317 g/mol. The largest absolute Gasteiger partial charge is 0.468 e. The lowest BCUT2D eigenvalue weighted by molar-refractivity contribution is -0.146. The summed E-state index contributed by atoms with van der Waals surface area (Å²) >= 11 is 3.13. The van der Waals surface area contributed by atoms with Crippen molar-refractivity contribution in [2.75, 3.05) is 13.7 Å². The van der Waals surface area contributed by atoms with E-state index < -0.39 is 24.7 Å². The summed E-state index contributed by atoms with van der Waals surface area (Å²) in [7, 11) is 1.11. The lowest BCUT2D eigenvalue weighted by Crippen LogP contribution is -2.36. The fourth-order valence-electron chi connectivity index (χ4n) is 1.26. The van der Waals surface area contributed by atoms with Crippen LogP contribution in [-0.4, -0.2) is 30.8 Å². The third-order valence-corrected chi connectivity index (χ3v) is 2.44. The molecule has 0 aliphatic rings. The Morgan fingerprint density at radius 3 is 2.72 bits per heavy atom. The summed E-state index contributed by atoms with van der Waals surface area (Å²) in [5.41, 5.74) is 0.292. The molecule has 100 valence electrons. The molecule has 1 heterocycles. The third kappa shape index (κ3) is 4.61. The number of aromatic nitrogens is 1. The van der Waals surface area contributed by atoms with Crippen molar-refractivity contribution in [3.05, 3.63) is 28.5 Å². The Kier molecular flexibility index (Phi) is 5.09. The minimum absolute atomic E-state index is 0.292. The molecule has 0 aromatic carbocycles. The van der Waals surface area contributed by atoms with E-state index in [-0.39, 0.29) is 0 Å². The van der Waals surface area contributed by atoms with Gasteiger partial charge >= 0.3 is 12.1 Å². The SMILES string of the molecule is COC(=O)C(NCC(F)(F)F)c1cncc(Br)c1. The van der Waals surface area contributed by atoms with Gasteiger partial charge in [0.2, 0.25) is 0 Å². The molecule has 0 radical (unpaired) electrons. The molecule has 0 fully saturated rings. The molecule has 1 unspecified atom stereocenters. The van der Waals surface area contributed by atoms with E-state index >= 15 is 0 Å². The number of pyridine rings is 1. The van der Waals surface area contributed by atoms with Crippen LogP contribution < -0.4 is 5.32 Å². The maximum Gasteiger partial charge on any atom is 0.401 e. The molecule has 0 aliphatic heterocycles. The number of hydrogen-bond acceptors (Lipinski definition) is 4. The first kappa shape index (κ1) is 14.9. The Morgan fingerprint density at radius 1 is 1.56 bits per heavy atom. The monoisotopic (exact) mass is 326 g/mol. The van der Waals surface area contributed by atoms with Crippen LogP contribution in [0.25, 0.3) is 0 Å². The van der Waals surface area contributed by atoms with Crippen LogP contribution in [0.2, 0.25) is 0 Å². The number of nitrogens with one attached hydrogen (secondary N) is 1. The molecule has 0 amide bonds. The van der Waals surface area contributed by atoms with E-state index in [0.29, 0.717) is 10.0 Å². The van der Waals surface area contributed by atoms with Crippen molar-refractivity contribution >= 4 is 21.9 Å². The number of ether oxygens (including phenoxy) is 1. The lowest BCUT2D eigenvalue weighted by atomic mass is 10.1. The molecule has 0 bridgehead atoms. The zero-order valence-electron chi connectivity index (χ0n) is 9.29. The van der Waals surface area contributed by atoms with E-state index in [2.05, 4.69) is 31.0 Å². The molecule has 0 saturated carbocycles. The van der Waals surface area contributed by atoms with Crippen LogP contribution >= 0.6 is 15.9 Å². The van der Waals surface area contributed by atoms with Crippen molar-refractivity contribution in [3.8, 4) is 0 Å². The highest BCUT2D eigenvalue weighted by Crippen LogP contribution is 2.20. The number of hydrogen-bond donors (Lipinski definition) is 1. The predicted molar refractivity (Wildman–Crippen MR) is 60.8 cm³/mol. The Hall–Kier alpha value is -1.15. The third-order valence-electron chi connectivity index (χ3n) is 2.00. The Morgan fingerprint density at radius 2 is 2.22 bits per heavy atom. The molecule has 1 rings (SSSR count). The van der Waals surface area contributed by atoms with Gasteiger partial charge in [-0.3, -0.25) is 10.3 Å².